The highest BCUT2D eigenvalue weighted by atomic mass is 16.6. The molecule has 2 aliphatic heterocycles. The molecule has 22 heavy (non-hydrogen) atoms. The molecule has 6 heteroatoms. The van der Waals surface area contributed by atoms with Crippen LogP contribution in [-0.4, -0.2) is 41.5 Å². The molecule has 1 saturated heterocycles. The van der Waals surface area contributed by atoms with E-state index in [-0.39, 0.29) is 16.9 Å². The van der Waals surface area contributed by atoms with E-state index in [1.807, 2.05) is 24.3 Å². The number of benzene rings is 1. The summed E-state index contributed by atoms with van der Waals surface area (Å²) in [5, 5.41) is 11.5. The molecule has 6 nitrogen and oxygen atoms in total. The molecule has 3 atom stereocenters. The van der Waals surface area contributed by atoms with Gasteiger partial charge in [0.05, 0.1) is 0 Å². The molecule has 2 aliphatic rings. The lowest BCUT2D eigenvalue weighted by Gasteiger charge is -2.28. The van der Waals surface area contributed by atoms with Gasteiger partial charge in [-0.25, -0.2) is 0 Å². The summed E-state index contributed by atoms with van der Waals surface area (Å²) in [7, 11) is 1.59. The van der Waals surface area contributed by atoms with Crippen molar-refractivity contribution in [1.82, 2.24) is 4.90 Å². The predicted octanol–water partition coefficient (Wildman–Crippen LogP) is 2.04. The van der Waals surface area contributed by atoms with E-state index in [0.29, 0.717) is 19.4 Å². The topological polar surface area (TPSA) is 72.7 Å². The van der Waals surface area contributed by atoms with Crippen molar-refractivity contribution in [2.24, 2.45) is 0 Å². The van der Waals surface area contributed by atoms with Gasteiger partial charge in [0.1, 0.15) is 6.04 Å². The summed E-state index contributed by atoms with van der Waals surface area (Å²) in [4.78, 5) is 25.4. The van der Waals surface area contributed by atoms with Crippen LogP contribution in [0.5, 0.6) is 0 Å². The first-order valence-electron chi connectivity index (χ1n) is 7.35. The third-order valence-electron chi connectivity index (χ3n) is 4.47. The Kier molecular flexibility index (Phi) is 3.94. The minimum Gasteiger partial charge on any atom is -0.385 e. The number of nitrogens with zero attached hydrogens (tertiary/aromatic N) is 2. The molecule has 116 valence electrons. The number of fused-ring (bicyclic) bond motifs is 3. The van der Waals surface area contributed by atoms with Crippen LogP contribution >= 0.6 is 0 Å². The third-order valence-corrected chi connectivity index (χ3v) is 4.47. The SMILES string of the molecule is COCC[C@@H]1C[C@@H]([N+](=O)[O-])[C@@H]2c3ccccc3C=CC(=O)N12. The van der Waals surface area contributed by atoms with E-state index in [1.165, 1.54) is 6.08 Å². The first kappa shape index (κ1) is 14.7. The van der Waals surface area contributed by atoms with Crippen LogP contribution < -0.4 is 0 Å². The number of hydrogen-bond acceptors (Lipinski definition) is 4. The van der Waals surface area contributed by atoms with Gasteiger partial charge in [-0.05, 0) is 23.6 Å². The highest BCUT2D eigenvalue weighted by Gasteiger charge is 2.51. The highest BCUT2D eigenvalue weighted by molar-refractivity contribution is 5.94. The summed E-state index contributed by atoms with van der Waals surface area (Å²) in [5.74, 6) is -0.161. The summed E-state index contributed by atoms with van der Waals surface area (Å²) >= 11 is 0. The molecule has 0 aromatic heterocycles. The van der Waals surface area contributed by atoms with Crippen LogP contribution in [0.25, 0.3) is 6.08 Å². The van der Waals surface area contributed by atoms with Crippen molar-refractivity contribution in [2.45, 2.75) is 31.0 Å². The lowest BCUT2D eigenvalue weighted by atomic mass is 9.96. The normalized spacial score (nSPS) is 26.5. The number of rotatable bonds is 4. The molecule has 2 heterocycles. The van der Waals surface area contributed by atoms with Crippen molar-refractivity contribution < 1.29 is 14.5 Å². The zero-order chi connectivity index (χ0) is 15.7. The van der Waals surface area contributed by atoms with Crippen molar-refractivity contribution in [3.8, 4) is 0 Å². The van der Waals surface area contributed by atoms with E-state index in [4.69, 9.17) is 4.74 Å². The average molecular weight is 302 g/mol. The van der Waals surface area contributed by atoms with Gasteiger partial charge in [0.25, 0.3) is 0 Å². The van der Waals surface area contributed by atoms with Crippen LogP contribution in [0.3, 0.4) is 0 Å². The number of nitro groups is 1. The molecule has 1 fully saturated rings. The van der Waals surface area contributed by atoms with E-state index in [0.717, 1.165) is 11.1 Å². The largest absolute Gasteiger partial charge is 0.385 e. The first-order chi connectivity index (χ1) is 10.6. The average Bonchev–Trinajstić information content (AvgIpc) is 2.83. The predicted molar refractivity (Wildman–Crippen MR) is 80.7 cm³/mol. The van der Waals surface area contributed by atoms with Gasteiger partial charge in [0, 0.05) is 37.2 Å². The number of hydrogen-bond donors (Lipinski definition) is 0. The van der Waals surface area contributed by atoms with Crippen molar-refractivity contribution in [3.05, 3.63) is 51.6 Å². The molecular formula is C16H18N2O4. The lowest BCUT2D eigenvalue weighted by Crippen LogP contribution is -2.38. The maximum absolute atomic E-state index is 12.5. The van der Waals surface area contributed by atoms with Gasteiger partial charge < -0.3 is 9.64 Å². The fourth-order valence-electron chi connectivity index (χ4n) is 3.50. The Morgan fingerprint density at radius 1 is 1.36 bits per heavy atom. The zero-order valence-electron chi connectivity index (χ0n) is 12.3. The molecule has 0 spiro atoms. The van der Waals surface area contributed by atoms with Gasteiger partial charge in [0.15, 0.2) is 0 Å². The molecule has 0 aliphatic carbocycles. The second-order valence-electron chi connectivity index (χ2n) is 5.68. The van der Waals surface area contributed by atoms with Crippen LogP contribution in [0.4, 0.5) is 0 Å². The Labute approximate surface area is 128 Å². The number of ether oxygens (including phenoxy) is 1. The summed E-state index contributed by atoms with van der Waals surface area (Å²) in [6, 6.07) is 6.07. The van der Waals surface area contributed by atoms with Crippen LogP contribution in [0, 0.1) is 10.1 Å². The van der Waals surface area contributed by atoms with Crippen molar-refractivity contribution in [2.75, 3.05) is 13.7 Å². The Morgan fingerprint density at radius 2 is 2.14 bits per heavy atom. The number of carbonyl (C=O) groups is 1. The van der Waals surface area contributed by atoms with Crippen molar-refractivity contribution in [1.29, 1.82) is 0 Å². The first-order valence-corrected chi connectivity index (χ1v) is 7.35. The summed E-state index contributed by atoms with van der Waals surface area (Å²) in [6.45, 7) is 0.483. The molecule has 1 amide bonds. The molecule has 0 saturated carbocycles. The van der Waals surface area contributed by atoms with E-state index in [1.54, 1.807) is 18.1 Å². The summed E-state index contributed by atoms with van der Waals surface area (Å²) in [6.07, 6.45) is 4.25. The molecule has 0 radical (unpaired) electrons. The highest BCUT2D eigenvalue weighted by Crippen LogP contribution is 2.42. The molecule has 0 N–H and O–H groups in total. The molecule has 3 rings (SSSR count). The molecule has 1 aromatic rings. The van der Waals surface area contributed by atoms with Crippen molar-refractivity contribution >= 4 is 12.0 Å². The van der Waals surface area contributed by atoms with Gasteiger partial charge in [-0.2, -0.15) is 0 Å². The van der Waals surface area contributed by atoms with E-state index in [2.05, 4.69) is 0 Å². The minimum absolute atomic E-state index is 0.161. The lowest BCUT2D eigenvalue weighted by molar-refractivity contribution is -0.525. The number of amides is 1. The van der Waals surface area contributed by atoms with E-state index in [9.17, 15) is 14.9 Å². The molecule has 0 bridgehead atoms. The van der Waals surface area contributed by atoms with Gasteiger partial charge in [0.2, 0.25) is 11.9 Å². The van der Waals surface area contributed by atoms with E-state index < -0.39 is 12.1 Å². The van der Waals surface area contributed by atoms with Crippen LogP contribution in [0.15, 0.2) is 30.3 Å². The van der Waals surface area contributed by atoms with Gasteiger partial charge in [-0.3, -0.25) is 14.9 Å². The Bertz CT molecular complexity index is 628. The fraction of sp³-hybridized carbons (Fsp3) is 0.438. The second-order valence-corrected chi connectivity index (χ2v) is 5.68. The maximum Gasteiger partial charge on any atom is 0.247 e. The van der Waals surface area contributed by atoms with E-state index >= 15 is 0 Å². The molecular weight excluding hydrogens is 284 g/mol. The van der Waals surface area contributed by atoms with Crippen molar-refractivity contribution in [3.63, 3.8) is 0 Å². The van der Waals surface area contributed by atoms with Gasteiger partial charge in [-0.1, -0.05) is 24.3 Å². The molecule has 0 unspecified atom stereocenters. The quantitative estimate of drug-likeness (QED) is 0.630. The molecule has 1 aromatic carbocycles. The van der Waals surface area contributed by atoms with Crippen LogP contribution in [0.1, 0.15) is 30.0 Å². The summed E-state index contributed by atoms with van der Waals surface area (Å²) in [5.41, 5.74) is 1.73. The third kappa shape index (κ3) is 2.39. The van der Waals surface area contributed by atoms with Gasteiger partial charge in [-0.15, -0.1) is 0 Å². The van der Waals surface area contributed by atoms with Crippen LogP contribution in [0.2, 0.25) is 0 Å². The maximum atomic E-state index is 12.5. The zero-order valence-corrected chi connectivity index (χ0v) is 12.3. The standard InChI is InChI=1S/C16H18N2O4/c1-22-9-8-12-10-14(18(20)21)16-13-5-3-2-4-11(13)6-7-15(19)17(12)16/h2-7,12,14,16H,8-10H2,1H3/t12-,14-,16+/m1/s1. The minimum atomic E-state index is -0.771. The van der Waals surface area contributed by atoms with Crippen LogP contribution in [-0.2, 0) is 9.53 Å². The summed E-state index contributed by atoms with van der Waals surface area (Å²) < 4.78 is 5.09. The fourth-order valence-corrected chi connectivity index (χ4v) is 3.50. The Morgan fingerprint density at radius 3 is 2.86 bits per heavy atom. The number of carbonyl (C=O) groups excluding carboxylic acids is 1. The Balaban J connectivity index is 2.05. The second kappa shape index (κ2) is 5.88. The monoisotopic (exact) mass is 302 g/mol. The number of methoxy groups -OCH3 is 1. The Hall–Kier alpha value is -2.21. The smallest absolute Gasteiger partial charge is 0.247 e. The van der Waals surface area contributed by atoms with Gasteiger partial charge >= 0.3 is 0 Å².